The van der Waals surface area contributed by atoms with Crippen molar-refractivity contribution in [2.45, 2.75) is 72.8 Å². The van der Waals surface area contributed by atoms with Crippen molar-refractivity contribution in [2.24, 2.45) is 11.3 Å². The summed E-state index contributed by atoms with van der Waals surface area (Å²) in [6.07, 6.45) is 2.94. The van der Waals surface area contributed by atoms with Crippen LogP contribution in [0.2, 0.25) is 0 Å². The number of aldehydes is 1. The van der Waals surface area contributed by atoms with Crippen molar-refractivity contribution in [3.8, 4) is 5.75 Å². The van der Waals surface area contributed by atoms with Gasteiger partial charge in [-0.15, -0.1) is 0 Å². The maximum atomic E-state index is 13.8. The molecule has 0 fully saturated rings. The van der Waals surface area contributed by atoms with Gasteiger partial charge in [-0.05, 0) is 59.7 Å². The maximum Gasteiger partial charge on any atom is 0.335 e. The van der Waals surface area contributed by atoms with Crippen LogP contribution in [-0.4, -0.2) is 47.6 Å². The summed E-state index contributed by atoms with van der Waals surface area (Å²) < 4.78 is 12.5. The second-order valence-electron chi connectivity index (χ2n) is 11.8. The minimum absolute atomic E-state index is 0.0230. The predicted octanol–water partition coefficient (Wildman–Crippen LogP) is 6.07. The van der Waals surface area contributed by atoms with Gasteiger partial charge >= 0.3 is 12.3 Å². The van der Waals surface area contributed by atoms with Crippen LogP contribution in [0.5, 0.6) is 5.75 Å². The smallest absolute Gasteiger partial charge is 0.335 e. The summed E-state index contributed by atoms with van der Waals surface area (Å²) in [5.74, 6) is 0.271. The fraction of sp³-hybridized carbons (Fsp3) is 0.469. The Kier molecular flexibility index (Phi) is 8.03. The fourth-order valence-corrected chi connectivity index (χ4v) is 6.06. The number of hydrogen-bond donors (Lipinski definition) is 2. The molecule has 0 amide bonds. The van der Waals surface area contributed by atoms with Gasteiger partial charge in [0.25, 0.3) is 0 Å². The van der Waals surface area contributed by atoms with E-state index in [1.165, 1.54) is 0 Å². The maximum absolute atomic E-state index is 13.8. The second kappa shape index (κ2) is 11.0. The summed E-state index contributed by atoms with van der Waals surface area (Å²) in [5.41, 5.74) is 2.33. The molecular weight excluding hydrogens is 494 g/mol. The highest BCUT2D eigenvalue weighted by Gasteiger charge is 2.46. The van der Waals surface area contributed by atoms with Crippen LogP contribution in [0.15, 0.2) is 46.9 Å². The number of fused-ring (bicyclic) bond motifs is 1. The van der Waals surface area contributed by atoms with Crippen molar-refractivity contribution >= 4 is 28.8 Å². The topological polar surface area (TPSA) is 106 Å². The van der Waals surface area contributed by atoms with Crippen LogP contribution in [-0.2, 0) is 9.53 Å². The van der Waals surface area contributed by atoms with Crippen LogP contribution in [0.3, 0.4) is 0 Å². The highest BCUT2D eigenvalue weighted by Crippen LogP contribution is 2.52. The lowest BCUT2D eigenvalue weighted by Crippen LogP contribution is -2.41. The molecule has 39 heavy (non-hydrogen) atoms. The van der Waals surface area contributed by atoms with Crippen molar-refractivity contribution < 1.29 is 29.0 Å². The van der Waals surface area contributed by atoms with E-state index < -0.39 is 11.9 Å². The number of carbonyl (C=O) groups is 2. The lowest BCUT2D eigenvalue weighted by Gasteiger charge is -2.40. The number of rotatable bonds is 9. The van der Waals surface area contributed by atoms with Crippen LogP contribution in [0, 0.1) is 18.3 Å². The number of ether oxygens (including phenoxy) is 2. The Bertz CT molecular complexity index is 1400. The SMILES string of the molecule is CCCN[C@@H](C1=C(C=[OH+])C(c2c(OC)ccc3c(C)c(C(=O)O)ccc23)C2=C(CC(C)(C)CC2=O)O1)C(C)C. The summed E-state index contributed by atoms with van der Waals surface area (Å²) in [6.45, 7) is 13.0. The molecule has 7 nitrogen and oxygen atoms in total. The van der Waals surface area contributed by atoms with Gasteiger partial charge in [-0.2, -0.15) is 0 Å². The first-order valence-electron chi connectivity index (χ1n) is 13.7. The number of carboxylic acids is 1. The zero-order valence-corrected chi connectivity index (χ0v) is 24.0. The van der Waals surface area contributed by atoms with Gasteiger partial charge in [0.1, 0.15) is 22.8 Å². The minimum atomic E-state index is -0.999. The Labute approximate surface area is 230 Å². The number of methoxy groups -OCH3 is 1. The summed E-state index contributed by atoms with van der Waals surface area (Å²) >= 11 is 0. The Morgan fingerprint density at radius 3 is 2.51 bits per heavy atom. The highest BCUT2D eigenvalue weighted by molar-refractivity contribution is 6.05. The van der Waals surface area contributed by atoms with Gasteiger partial charge < -0.3 is 19.9 Å². The summed E-state index contributed by atoms with van der Waals surface area (Å²) in [7, 11) is 1.58. The predicted molar refractivity (Wildman–Crippen MR) is 153 cm³/mol. The van der Waals surface area contributed by atoms with E-state index in [0.29, 0.717) is 46.8 Å². The average molecular weight is 535 g/mol. The first-order chi connectivity index (χ1) is 18.4. The molecule has 1 aliphatic heterocycles. The molecule has 0 aromatic heterocycles. The second-order valence-corrected chi connectivity index (χ2v) is 11.8. The van der Waals surface area contributed by atoms with Crippen LogP contribution in [0.4, 0.5) is 0 Å². The van der Waals surface area contributed by atoms with Crippen LogP contribution in [0.1, 0.15) is 81.3 Å². The van der Waals surface area contributed by atoms with E-state index in [4.69, 9.17) is 9.47 Å². The van der Waals surface area contributed by atoms with Crippen molar-refractivity contribution in [1.82, 2.24) is 5.32 Å². The van der Waals surface area contributed by atoms with E-state index in [1.54, 1.807) is 26.2 Å². The normalized spacial score (nSPS) is 19.7. The van der Waals surface area contributed by atoms with Crippen molar-refractivity contribution in [2.75, 3.05) is 13.7 Å². The molecule has 1 aliphatic carbocycles. The van der Waals surface area contributed by atoms with Crippen molar-refractivity contribution in [3.63, 3.8) is 0 Å². The third-order valence-corrected chi connectivity index (χ3v) is 7.91. The molecule has 2 aliphatic rings. The fourth-order valence-electron chi connectivity index (χ4n) is 6.06. The molecule has 4 rings (SSSR count). The number of carbonyl (C=O) groups excluding carboxylic acids is 2. The van der Waals surface area contributed by atoms with E-state index in [0.717, 1.165) is 35.6 Å². The molecular formula is C32H40NO6+. The highest BCUT2D eigenvalue weighted by atomic mass is 16.5. The van der Waals surface area contributed by atoms with Gasteiger partial charge in [-0.3, -0.25) is 9.59 Å². The molecule has 2 atom stereocenters. The number of hydrogen-bond acceptors (Lipinski definition) is 5. The van der Waals surface area contributed by atoms with E-state index >= 15 is 0 Å². The summed E-state index contributed by atoms with van der Waals surface area (Å²) in [4.78, 5) is 36.5. The first kappa shape index (κ1) is 28.6. The Balaban J connectivity index is 2.10. The molecule has 0 saturated heterocycles. The van der Waals surface area contributed by atoms with Gasteiger partial charge in [0.15, 0.2) is 5.78 Å². The van der Waals surface area contributed by atoms with E-state index in [9.17, 15) is 19.5 Å². The molecule has 208 valence electrons. The average Bonchev–Trinajstić information content (AvgIpc) is 2.86. The largest absolute Gasteiger partial charge is 0.496 e. The van der Waals surface area contributed by atoms with Gasteiger partial charge in [-0.1, -0.05) is 46.8 Å². The van der Waals surface area contributed by atoms with Crippen LogP contribution >= 0.6 is 0 Å². The molecule has 2 aromatic carbocycles. The number of aromatic carboxylic acids is 1. The van der Waals surface area contributed by atoms with E-state index in [1.807, 2.05) is 12.1 Å². The monoisotopic (exact) mass is 534 g/mol. The van der Waals surface area contributed by atoms with Gasteiger partial charge in [-0.25, -0.2) is 4.79 Å². The molecule has 3 N–H and O–H groups in total. The molecule has 0 bridgehead atoms. The zero-order valence-electron chi connectivity index (χ0n) is 24.0. The van der Waals surface area contributed by atoms with Crippen molar-refractivity contribution in [1.29, 1.82) is 0 Å². The van der Waals surface area contributed by atoms with Crippen LogP contribution in [0.25, 0.3) is 10.8 Å². The van der Waals surface area contributed by atoms with Gasteiger partial charge in [0.05, 0.1) is 24.6 Å². The van der Waals surface area contributed by atoms with Crippen molar-refractivity contribution in [3.05, 3.63) is 63.6 Å². The number of carboxylic acid groups (broad SMARTS) is 1. The van der Waals surface area contributed by atoms with Crippen LogP contribution < -0.4 is 10.1 Å². The van der Waals surface area contributed by atoms with Gasteiger partial charge in [0.2, 0.25) is 0 Å². The number of allylic oxidation sites excluding steroid dienone is 3. The molecule has 2 aromatic rings. The number of nitrogens with one attached hydrogen (secondary N) is 1. The number of Topliss-reactive ketones (excluding diaryl/α,β-unsaturated/α-hetero) is 1. The Morgan fingerprint density at radius 2 is 1.92 bits per heavy atom. The van der Waals surface area contributed by atoms with E-state index in [-0.39, 0.29) is 28.7 Å². The first-order valence-corrected chi connectivity index (χ1v) is 13.7. The summed E-state index contributed by atoms with van der Waals surface area (Å²) in [6, 6.07) is 6.84. The molecule has 7 heteroatoms. The number of ketones is 1. The number of benzene rings is 2. The third kappa shape index (κ3) is 5.12. The molecule has 1 unspecified atom stereocenters. The molecule has 1 heterocycles. The van der Waals surface area contributed by atoms with Gasteiger partial charge in [0, 0.05) is 24.0 Å². The third-order valence-electron chi connectivity index (χ3n) is 7.91. The lowest BCUT2D eigenvalue weighted by atomic mass is 9.68. The minimum Gasteiger partial charge on any atom is -0.496 e. The quantitative estimate of drug-likeness (QED) is 0.299. The zero-order chi connectivity index (χ0) is 28.6. The molecule has 0 saturated carbocycles. The lowest BCUT2D eigenvalue weighted by molar-refractivity contribution is -0.119. The summed E-state index contributed by atoms with van der Waals surface area (Å²) in [5, 5.41) is 14.8. The molecule has 0 spiro atoms. The van der Waals surface area contributed by atoms with E-state index in [2.05, 4.69) is 39.9 Å². The Hall–Kier alpha value is -3.45. The standard InChI is InChI=1S/C32H39NO6/c1-8-13-33-29(17(2)3)30-22(16-34)27(28-23(35)14-32(5,6)15-25(28)39-30)26-21-10-9-20(31(36)37)18(4)19(21)11-12-24(26)38-7/h9-12,16-17,27,29,33H,8,13-15H2,1-7H3,(H,36,37)/p+1/t27?,29-/m1/s1. The Morgan fingerprint density at radius 1 is 1.23 bits per heavy atom. The molecule has 0 radical (unpaired) electrons. The number of aryl methyl sites for hydroxylation is 1.